The molecule has 0 aliphatic carbocycles. The summed E-state index contributed by atoms with van der Waals surface area (Å²) in [5, 5.41) is 0.452. The van der Waals surface area contributed by atoms with Gasteiger partial charge in [0.15, 0.2) is 0 Å². The minimum Gasteiger partial charge on any atom is -0.282 e. The SMILES string of the molecule is O=S(=O)(O)c1cc(S(=O)(=O)O)c2ccccc2c1.[K].[K].[K].[K]. The van der Waals surface area contributed by atoms with E-state index in [0.717, 1.165) is 6.07 Å². The maximum absolute atomic E-state index is 11.2. The van der Waals surface area contributed by atoms with E-state index in [1.807, 2.05) is 0 Å². The molecule has 2 rings (SSSR count). The molecule has 0 aromatic heterocycles. The molecule has 0 amide bonds. The fourth-order valence-electron chi connectivity index (χ4n) is 1.61. The second kappa shape index (κ2) is 13.3. The van der Waals surface area contributed by atoms with E-state index in [1.54, 1.807) is 12.1 Å². The first kappa shape index (κ1) is 31.8. The standard InChI is InChI=1S/C10H8O6S2.4K/c11-17(12,13)8-5-7-3-1-2-4-9(7)10(6-8)18(14,15)16;;;;/h1-6H,(H,11,12,13)(H,14,15,16);;;;. The van der Waals surface area contributed by atoms with E-state index in [4.69, 9.17) is 9.11 Å². The summed E-state index contributed by atoms with van der Waals surface area (Å²) >= 11 is 0. The molecule has 100 valence electrons. The fourth-order valence-corrected chi connectivity index (χ4v) is 2.97. The van der Waals surface area contributed by atoms with E-state index in [1.165, 1.54) is 12.1 Å². The molecular weight excluding hydrogens is 437 g/mol. The Morgan fingerprint density at radius 2 is 1.23 bits per heavy atom. The molecule has 12 heteroatoms. The average Bonchev–Trinajstić information content (AvgIpc) is 2.25. The Labute approximate surface area is 299 Å². The maximum Gasteiger partial charge on any atom is 0.295 e. The second-order valence-corrected chi connectivity index (χ2v) is 6.40. The summed E-state index contributed by atoms with van der Waals surface area (Å²) in [6.07, 6.45) is 0. The van der Waals surface area contributed by atoms with Gasteiger partial charge in [-0.05, 0) is 17.5 Å². The summed E-state index contributed by atoms with van der Waals surface area (Å²) in [4.78, 5) is -1.15. The molecule has 2 aromatic rings. The molecule has 4 radical (unpaired) electrons. The van der Waals surface area contributed by atoms with Crippen molar-refractivity contribution < 1.29 is 25.9 Å². The Morgan fingerprint density at radius 1 is 0.727 bits per heavy atom. The first-order chi connectivity index (χ1) is 8.19. The first-order valence-electron chi connectivity index (χ1n) is 4.67. The molecule has 2 aromatic carbocycles. The first-order valence-corrected chi connectivity index (χ1v) is 7.55. The third-order valence-electron chi connectivity index (χ3n) is 2.37. The predicted octanol–water partition coefficient (Wildman–Crippen LogP) is -0.190. The zero-order chi connectivity index (χ0) is 13.6. The van der Waals surface area contributed by atoms with E-state index < -0.39 is 30.0 Å². The van der Waals surface area contributed by atoms with Crippen molar-refractivity contribution in [3.8, 4) is 0 Å². The number of benzene rings is 2. The van der Waals surface area contributed by atoms with Gasteiger partial charge in [0.1, 0.15) is 4.90 Å². The van der Waals surface area contributed by atoms with Crippen molar-refractivity contribution in [1.82, 2.24) is 0 Å². The Hall–Kier alpha value is 5.07. The van der Waals surface area contributed by atoms with Gasteiger partial charge in [0, 0.05) is 211 Å². The summed E-state index contributed by atoms with van der Waals surface area (Å²) in [7, 11) is -9.14. The third-order valence-corrected chi connectivity index (χ3v) is 4.10. The zero-order valence-corrected chi connectivity index (χ0v) is 26.9. The monoisotopic (exact) mass is 444 g/mol. The van der Waals surface area contributed by atoms with Gasteiger partial charge in [-0.1, -0.05) is 24.3 Å². The van der Waals surface area contributed by atoms with E-state index in [2.05, 4.69) is 0 Å². The van der Waals surface area contributed by atoms with Crippen LogP contribution in [0.25, 0.3) is 10.8 Å². The largest absolute Gasteiger partial charge is 0.295 e. The summed E-state index contributed by atoms with van der Waals surface area (Å²) < 4.78 is 62.5. The van der Waals surface area contributed by atoms with Gasteiger partial charge in [-0.15, -0.1) is 0 Å². The predicted molar refractivity (Wildman–Crippen MR) is 86.6 cm³/mol. The number of fused-ring (bicyclic) bond motifs is 1. The number of rotatable bonds is 2. The molecule has 2 N–H and O–H groups in total. The molecule has 0 fully saturated rings. The number of hydrogen-bond acceptors (Lipinski definition) is 4. The van der Waals surface area contributed by atoms with Crippen LogP contribution in [0, 0.1) is 0 Å². The van der Waals surface area contributed by atoms with Crippen molar-refractivity contribution in [2.75, 3.05) is 0 Å². The van der Waals surface area contributed by atoms with Crippen LogP contribution in [-0.4, -0.2) is 231 Å². The van der Waals surface area contributed by atoms with Crippen molar-refractivity contribution >= 4 is 237 Å². The van der Waals surface area contributed by atoms with Crippen molar-refractivity contribution in [2.24, 2.45) is 0 Å². The molecule has 0 aliphatic rings. The zero-order valence-electron chi connectivity index (χ0n) is 12.8. The van der Waals surface area contributed by atoms with Crippen LogP contribution in [0.15, 0.2) is 46.2 Å². The second-order valence-electron chi connectivity index (χ2n) is 3.59. The Balaban J connectivity index is -0.000000902. The van der Waals surface area contributed by atoms with Gasteiger partial charge in [-0.2, -0.15) is 16.8 Å². The van der Waals surface area contributed by atoms with Gasteiger partial charge in [-0.25, -0.2) is 0 Å². The molecule has 0 saturated heterocycles. The third kappa shape index (κ3) is 9.04. The van der Waals surface area contributed by atoms with Gasteiger partial charge < -0.3 is 0 Å². The summed E-state index contributed by atoms with van der Waals surface area (Å²) in [5.74, 6) is 0. The molecule has 0 bridgehead atoms. The molecular formula is C10H8K4O6S2. The Bertz CT molecular complexity index is 836. The minimum absolute atomic E-state index is 0. The molecule has 22 heavy (non-hydrogen) atoms. The van der Waals surface area contributed by atoms with Crippen LogP contribution >= 0.6 is 0 Å². The Kier molecular flexibility index (Phi) is 19.2. The van der Waals surface area contributed by atoms with E-state index in [0.29, 0.717) is 6.07 Å². The van der Waals surface area contributed by atoms with Crippen molar-refractivity contribution in [2.45, 2.75) is 9.79 Å². The van der Waals surface area contributed by atoms with Crippen molar-refractivity contribution in [1.29, 1.82) is 0 Å². The molecule has 0 heterocycles. The molecule has 0 unspecified atom stereocenters. The van der Waals surface area contributed by atoms with Crippen LogP contribution in [0.3, 0.4) is 0 Å². The van der Waals surface area contributed by atoms with E-state index >= 15 is 0 Å². The minimum atomic E-state index is -4.59. The van der Waals surface area contributed by atoms with Crippen LogP contribution in [0.5, 0.6) is 0 Å². The topological polar surface area (TPSA) is 109 Å². The summed E-state index contributed by atoms with van der Waals surface area (Å²) in [6, 6.07) is 7.85. The molecule has 0 saturated carbocycles. The van der Waals surface area contributed by atoms with Crippen LogP contribution in [0.4, 0.5) is 0 Å². The van der Waals surface area contributed by atoms with E-state index in [9.17, 15) is 16.8 Å². The maximum atomic E-state index is 11.2. The summed E-state index contributed by atoms with van der Waals surface area (Å²) in [5.41, 5.74) is 0. The van der Waals surface area contributed by atoms with Crippen LogP contribution < -0.4 is 0 Å². The van der Waals surface area contributed by atoms with Crippen LogP contribution in [-0.2, 0) is 20.2 Å². The van der Waals surface area contributed by atoms with Gasteiger partial charge in [0.2, 0.25) is 0 Å². The number of hydrogen-bond donors (Lipinski definition) is 2. The summed E-state index contributed by atoms with van der Waals surface area (Å²) in [6.45, 7) is 0. The normalized spacial score (nSPS) is 10.5. The van der Waals surface area contributed by atoms with Gasteiger partial charge in [0.05, 0.1) is 4.90 Å². The van der Waals surface area contributed by atoms with E-state index in [-0.39, 0.29) is 216 Å². The smallest absolute Gasteiger partial charge is 0.282 e. The fraction of sp³-hybridized carbons (Fsp3) is 0. The molecule has 0 aliphatic heterocycles. The molecule has 6 nitrogen and oxygen atoms in total. The van der Waals surface area contributed by atoms with Gasteiger partial charge in [0.25, 0.3) is 20.2 Å². The average molecular weight is 445 g/mol. The molecule has 0 atom stereocenters. The van der Waals surface area contributed by atoms with Crippen LogP contribution in [0.1, 0.15) is 0 Å². The van der Waals surface area contributed by atoms with Gasteiger partial charge in [-0.3, -0.25) is 9.11 Å². The Morgan fingerprint density at radius 3 is 1.68 bits per heavy atom. The van der Waals surface area contributed by atoms with Crippen molar-refractivity contribution in [3.05, 3.63) is 36.4 Å². The molecule has 0 spiro atoms. The van der Waals surface area contributed by atoms with Crippen LogP contribution in [0.2, 0.25) is 0 Å². The quantitative estimate of drug-likeness (QED) is 0.491. The van der Waals surface area contributed by atoms with Gasteiger partial charge >= 0.3 is 0 Å². The van der Waals surface area contributed by atoms with Crippen molar-refractivity contribution in [3.63, 3.8) is 0 Å².